The number of hydrogen-bond donors (Lipinski definition) is 4. The number of benzene rings is 1. The molecule has 1 saturated heterocycles. The molecule has 162 valence electrons. The van der Waals surface area contributed by atoms with Crippen LogP contribution in [0.1, 0.15) is 12.0 Å². The maximum absolute atomic E-state index is 13.4. The van der Waals surface area contributed by atoms with Crippen LogP contribution in [0.4, 0.5) is 5.69 Å². The molecule has 4 N–H and O–H groups in total. The van der Waals surface area contributed by atoms with E-state index in [4.69, 9.17) is 9.47 Å². The predicted molar refractivity (Wildman–Crippen MR) is 116 cm³/mol. The molecule has 0 atom stereocenters. The van der Waals surface area contributed by atoms with Gasteiger partial charge in [0.15, 0.2) is 12.1 Å². The van der Waals surface area contributed by atoms with E-state index in [1.807, 2.05) is 0 Å². The Bertz CT molecular complexity index is 1250. The summed E-state index contributed by atoms with van der Waals surface area (Å²) >= 11 is 0. The number of aromatic hydroxyl groups is 1. The molecule has 5 rings (SSSR count). The molecular formula is C20H20N4O6S. The molecule has 0 amide bonds. The molecule has 1 aromatic carbocycles. The number of pyridine rings is 2. The minimum Gasteiger partial charge on any atom is -0.506 e. The van der Waals surface area contributed by atoms with Crippen molar-refractivity contribution in [2.45, 2.75) is 24.2 Å². The molecule has 10 nitrogen and oxygen atoms in total. The number of para-hydroxylation sites is 1. The quantitative estimate of drug-likeness (QED) is 0.482. The SMILES string of the molecule is O=c1c(C2=NS(O)(O)c3ccccc3N2)c(O)c2cccnc2n1CCC1OCCO1. The first kappa shape index (κ1) is 20.0. The highest BCUT2D eigenvalue weighted by molar-refractivity contribution is 8.23. The van der Waals surface area contributed by atoms with E-state index in [0.29, 0.717) is 36.4 Å². The fraction of sp³-hybridized carbons (Fsp3) is 0.250. The highest BCUT2D eigenvalue weighted by Gasteiger charge is 2.30. The summed E-state index contributed by atoms with van der Waals surface area (Å²) in [6.07, 6.45) is 1.52. The Morgan fingerprint density at radius 1 is 1.16 bits per heavy atom. The predicted octanol–water partition coefficient (Wildman–Crippen LogP) is 2.76. The normalized spacial score (nSPS) is 19.0. The van der Waals surface area contributed by atoms with E-state index in [9.17, 15) is 19.0 Å². The zero-order valence-electron chi connectivity index (χ0n) is 16.3. The molecule has 0 saturated carbocycles. The lowest BCUT2D eigenvalue weighted by Crippen LogP contribution is -2.33. The third kappa shape index (κ3) is 3.46. The van der Waals surface area contributed by atoms with E-state index in [1.54, 1.807) is 36.4 Å². The van der Waals surface area contributed by atoms with Gasteiger partial charge in [0.05, 0.1) is 24.3 Å². The van der Waals surface area contributed by atoms with Crippen molar-refractivity contribution in [1.82, 2.24) is 9.55 Å². The number of nitrogens with one attached hydrogen (secondary N) is 1. The molecular weight excluding hydrogens is 424 g/mol. The summed E-state index contributed by atoms with van der Waals surface area (Å²) < 4.78 is 37.4. The molecule has 31 heavy (non-hydrogen) atoms. The lowest BCUT2D eigenvalue weighted by molar-refractivity contribution is -0.0490. The number of hydrogen-bond acceptors (Lipinski definition) is 9. The number of rotatable bonds is 4. The molecule has 0 unspecified atom stereocenters. The van der Waals surface area contributed by atoms with Crippen LogP contribution in [0, 0.1) is 0 Å². The third-order valence-corrected chi connectivity index (χ3v) is 6.55. The summed E-state index contributed by atoms with van der Waals surface area (Å²) in [5.74, 6) is -0.451. The summed E-state index contributed by atoms with van der Waals surface area (Å²) in [6, 6.07) is 9.84. The summed E-state index contributed by atoms with van der Waals surface area (Å²) in [5.41, 5.74) is -0.0298. The van der Waals surface area contributed by atoms with Crippen LogP contribution in [0.5, 0.6) is 5.75 Å². The van der Waals surface area contributed by atoms with Crippen LogP contribution in [0.15, 0.2) is 56.7 Å². The Kier molecular flexibility index (Phi) is 4.91. The lowest BCUT2D eigenvalue weighted by Gasteiger charge is -2.34. The third-order valence-electron chi connectivity index (χ3n) is 5.16. The fourth-order valence-corrected chi connectivity index (χ4v) is 4.90. The van der Waals surface area contributed by atoms with Crippen molar-refractivity contribution in [2.75, 3.05) is 18.5 Å². The average molecular weight is 444 g/mol. The van der Waals surface area contributed by atoms with E-state index in [-0.39, 0.29) is 28.6 Å². The number of fused-ring (bicyclic) bond motifs is 2. The van der Waals surface area contributed by atoms with Gasteiger partial charge in [-0.2, -0.15) is 0 Å². The van der Waals surface area contributed by atoms with Gasteiger partial charge >= 0.3 is 0 Å². The summed E-state index contributed by atoms with van der Waals surface area (Å²) in [7, 11) is -3.55. The van der Waals surface area contributed by atoms with Gasteiger partial charge in [0.2, 0.25) is 0 Å². The van der Waals surface area contributed by atoms with Crippen molar-refractivity contribution in [3.8, 4) is 5.75 Å². The maximum Gasteiger partial charge on any atom is 0.267 e. The first-order valence-corrected chi connectivity index (χ1v) is 11.1. The van der Waals surface area contributed by atoms with Crippen LogP contribution in [-0.2, 0) is 16.0 Å². The van der Waals surface area contributed by atoms with E-state index in [0.717, 1.165) is 0 Å². The van der Waals surface area contributed by atoms with Gasteiger partial charge in [-0.05, 0) is 24.3 Å². The molecule has 2 aromatic heterocycles. The lowest BCUT2D eigenvalue weighted by atomic mass is 10.1. The van der Waals surface area contributed by atoms with Crippen molar-refractivity contribution in [1.29, 1.82) is 0 Å². The monoisotopic (exact) mass is 444 g/mol. The molecule has 0 aliphatic carbocycles. The van der Waals surface area contributed by atoms with Crippen LogP contribution < -0.4 is 10.9 Å². The van der Waals surface area contributed by atoms with Gasteiger partial charge in [0, 0.05) is 19.2 Å². The van der Waals surface area contributed by atoms with Gasteiger partial charge in [0.25, 0.3) is 5.56 Å². The van der Waals surface area contributed by atoms with E-state index in [1.165, 1.54) is 10.8 Å². The van der Waals surface area contributed by atoms with Crippen molar-refractivity contribution < 1.29 is 23.7 Å². The highest BCUT2D eigenvalue weighted by atomic mass is 32.3. The standard InChI is InChI=1S/C20H20N4O6S/c25-17-12-4-3-8-21-19(12)24(9-7-15-29-10-11-30-15)20(26)16(17)18-22-13-5-1-2-6-14(13)31(27,28)23-18/h1-6,8,15,25,27-28H,7,9-11H2,(H,22,23). The number of ether oxygens (including phenoxy) is 2. The van der Waals surface area contributed by atoms with Gasteiger partial charge in [-0.15, -0.1) is 4.40 Å². The summed E-state index contributed by atoms with van der Waals surface area (Å²) in [4.78, 5) is 17.9. The molecule has 3 aromatic rings. The van der Waals surface area contributed by atoms with E-state index < -0.39 is 22.6 Å². The van der Waals surface area contributed by atoms with Crippen molar-refractivity contribution in [3.05, 3.63) is 58.5 Å². The number of aryl methyl sites for hydroxylation is 1. The Morgan fingerprint density at radius 3 is 2.74 bits per heavy atom. The molecule has 11 heteroatoms. The van der Waals surface area contributed by atoms with Crippen LogP contribution in [0.2, 0.25) is 0 Å². The van der Waals surface area contributed by atoms with Gasteiger partial charge in [-0.25, -0.2) is 4.98 Å². The molecule has 4 heterocycles. The molecule has 1 fully saturated rings. The van der Waals surface area contributed by atoms with Crippen molar-refractivity contribution in [2.24, 2.45) is 4.40 Å². The second kappa shape index (κ2) is 7.62. The first-order valence-electron chi connectivity index (χ1n) is 9.64. The second-order valence-electron chi connectivity index (χ2n) is 7.09. The van der Waals surface area contributed by atoms with Crippen molar-refractivity contribution >= 4 is 33.3 Å². The smallest absolute Gasteiger partial charge is 0.267 e. The van der Waals surface area contributed by atoms with E-state index >= 15 is 0 Å². The molecule has 0 spiro atoms. The van der Waals surface area contributed by atoms with E-state index in [2.05, 4.69) is 14.7 Å². The number of anilines is 1. The van der Waals surface area contributed by atoms with Gasteiger partial charge in [-0.1, -0.05) is 22.9 Å². The topological polar surface area (TPSA) is 138 Å². The number of amidine groups is 1. The zero-order chi connectivity index (χ0) is 21.6. The molecule has 2 aliphatic rings. The van der Waals surface area contributed by atoms with Crippen LogP contribution in [-0.4, -0.2) is 49.1 Å². The molecule has 0 radical (unpaired) electrons. The Hall–Kier alpha value is -2.96. The number of nitrogens with zero attached hydrogens (tertiary/aromatic N) is 3. The van der Waals surface area contributed by atoms with Crippen LogP contribution in [0.3, 0.4) is 0 Å². The maximum atomic E-state index is 13.4. The van der Waals surface area contributed by atoms with Crippen LogP contribution in [0.25, 0.3) is 11.0 Å². The molecule has 0 bridgehead atoms. The summed E-state index contributed by atoms with van der Waals surface area (Å²) in [6.45, 7) is 1.22. The summed E-state index contributed by atoms with van der Waals surface area (Å²) in [5, 5.41) is 14.2. The second-order valence-corrected chi connectivity index (χ2v) is 8.75. The zero-order valence-corrected chi connectivity index (χ0v) is 17.1. The minimum absolute atomic E-state index is 0.117. The Balaban J connectivity index is 1.65. The van der Waals surface area contributed by atoms with Gasteiger partial charge in [-0.3, -0.25) is 18.5 Å². The fourth-order valence-electron chi connectivity index (χ4n) is 3.74. The Morgan fingerprint density at radius 2 is 1.94 bits per heavy atom. The van der Waals surface area contributed by atoms with Crippen molar-refractivity contribution in [3.63, 3.8) is 0 Å². The largest absolute Gasteiger partial charge is 0.506 e. The first-order chi connectivity index (χ1) is 15.0. The van der Waals surface area contributed by atoms with Gasteiger partial charge in [0.1, 0.15) is 21.9 Å². The average Bonchev–Trinajstić information content (AvgIpc) is 3.27. The van der Waals surface area contributed by atoms with Gasteiger partial charge < -0.3 is 19.9 Å². The Labute approximate surface area is 178 Å². The number of aromatic nitrogens is 2. The highest BCUT2D eigenvalue weighted by Crippen LogP contribution is 2.55. The van der Waals surface area contributed by atoms with Crippen LogP contribution >= 0.6 is 10.8 Å². The molecule has 2 aliphatic heterocycles. The minimum atomic E-state index is -3.55.